The van der Waals surface area contributed by atoms with Gasteiger partial charge >= 0.3 is 0 Å². The molecule has 0 aromatic heterocycles. The number of aromatic hydroxyl groups is 2. The van der Waals surface area contributed by atoms with Crippen LogP contribution >= 0.6 is 0 Å². The molecule has 0 aliphatic heterocycles. The Morgan fingerprint density at radius 2 is 1.86 bits per heavy atom. The normalized spacial score (nSPS) is 11.5. The molecule has 0 bridgehead atoms. The van der Waals surface area contributed by atoms with Crippen molar-refractivity contribution in [3.8, 4) is 23.3 Å². The van der Waals surface area contributed by atoms with Crippen LogP contribution < -0.4 is 10.1 Å². The molecule has 0 saturated carbocycles. The minimum Gasteiger partial charge on any atom is -0.507 e. The van der Waals surface area contributed by atoms with Crippen LogP contribution in [-0.2, 0) is 0 Å². The fourth-order valence-corrected chi connectivity index (χ4v) is 2.17. The Kier molecular flexibility index (Phi) is 4.19. The first-order chi connectivity index (χ1) is 10.1. The van der Waals surface area contributed by atoms with Gasteiger partial charge in [-0.3, -0.25) is 0 Å². The van der Waals surface area contributed by atoms with E-state index < -0.39 is 0 Å². The number of benzene rings is 2. The summed E-state index contributed by atoms with van der Waals surface area (Å²) < 4.78 is 5.25. The number of phenols is 2. The number of hydrogen-bond acceptors (Lipinski definition) is 5. The van der Waals surface area contributed by atoms with E-state index >= 15 is 0 Å². The van der Waals surface area contributed by atoms with E-state index in [9.17, 15) is 10.2 Å². The molecule has 0 spiro atoms. The molecule has 1 atom stereocenters. The standard InChI is InChI=1S/C16H16N2O3/c1-10(16-13(19)4-3-5-14(16)20)18-12-7-6-11(9-17)8-15(12)21-2/h3-8,10,18-20H,1-2H3. The summed E-state index contributed by atoms with van der Waals surface area (Å²) in [5, 5.41) is 31.8. The van der Waals surface area contributed by atoms with Gasteiger partial charge in [0.25, 0.3) is 0 Å². The number of nitriles is 1. The van der Waals surface area contributed by atoms with E-state index in [1.807, 2.05) is 13.0 Å². The van der Waals surface area contributed by atoms with Crippen molar-refractivity contribution in [1.82, 2.24) is 0 Å². The molecule has 1 unspecified atom stereocenters. The molecule has 0 radical (unpaired) electrons. The molecular formula is C16H16N2O3. The average Bonchev–Trinajstić information content (AvgIpc) is 2.47. The van der Waals surface area contributed by atoms with Gasteiger partial charge in [-0.05, 0) is 31.2 Å². The molecule has 2 rings (SSSR count). The van der Waals surface area contributed by atoms with E-state index in [4.69, 9.17) is 10.00 Å². The van der Waals surface area contributed by atoms with Gasteiger partial charge < -0.3 is 20.3 Å². The summed E-state index contributed by atoms with van der Waals surface area (Å²) in [6, 6.07) is 11.3. The van der Waals surface area contributed by atoms with Crippen molar-refractivity contribution >= 4 is 5.69 Å². The summed E-state index contributed by atoms with van der Waals surface area (Å²) >= 11 is 0. The number of phenolic OH excluding ortho intramolecular Hbond substituents is 2. The van der Waals surface area contributed by atoms with Gasteiger partial charge in [-0.15, -0.1) is 0 Å². The topological polar surface area (TPSA) is 85.5 Å². The lowest BCUT2D eigenvalue weighted by molar-refractivity contribution is 0.415. The summed E-state index contributed by atoms with van der Waals surface area (Å²) in [5.41, 5.74) is 1.58. The highest BCUT2D eigenvalue weighted by atomic mass is 16.5. The number of ether oxygens (including phenoxy) is 1. The third kappa shape index (κ3) is 3.00. The van der Waals surface area contributed by atoms with Gasteiger partial charge in [-0.2, -0.15) is 5.26 Å². The first-order valence-corrected chi connectivity index (χ1v) is 6.42. The van der Waals surface area contributed by atoms with E-state index in [1.165, 1.54) is 19.2 Å². The molecule has 21 heavy (non-hydrogen) atoms. The van der Waals surface area contributed by atoms with Crippen LogP contribution in [0.2, 0.25) is 0 Å². The lowest BCUT2D eigenvalue weighted by Gasteiger charge is -2.19. The van der Waals surface area contributed by atoms with E-state index in [-0.39, 0.29) is 17.5 Å². The van der Waals surface area contributed by atoms with Crippen molar-refractivity contribution in [1.29, 1.82) is 5.26 Å². The van der Waals surface area contributed by atoms with Crippen molar-refractivity contribution < 1.29 is 14.9 Å². The maximum atomic E-state index is 9.87. The zero-order chi connectivity index (χ0) is 15.4. The van der Waals surface area contributed by atoms with Crippen LogP contribution in [0.4, 0.5) is 5.69 Å². The Morgan fingerprint density at radius 1 is 1.19 bits per heavy atom. The van der Waals surface area contributed by atoms with Gasteiger partial charge in [0.15, 0.2) is 0 Å². The Bertz CT molecular complexity index is 672. The van der Waals surface area contributed by atoms with Crippen LogP contribution in [0.3, 0.4) is 0 Å². The number of anilines is 1. The summed E-state index contributed by atoms with van der Waals surface area (Å²) in [5.74, 6) is 0.557. The SMILES string of the molecule is COc1cc(C#N)ccc1NC(C)c1c(O)cccc1O. The predicted octanol–water partition coefficient (Wildman–Crippen LogP) is 3.15. The van der Waals surface area contributed by atoms with Gasteiger partial charge in [0.1, 0.15) is 17.2 Å². The number of methoxy groups -OCH3 is 1. The lowest BCUT2D eigenvalue weighted by atomic mass is 10.1. The molecule has 5 nitrogen and oxygen atoms in total. The second kappa shape index (κ2) is 6.06. The summed E-state index contributed by atoms with van der Waals surface area (Å²) in [6.07, 6.45) is 0. The number of nitrogens with zero attached hydrogens (tertiary/aromatic N) is 1. The highest BCUT2D eigenvalue weighted by Crippen LogP contribution is 2.36. The number of hydrogen-bond donors (Lipinski definition) is 3. The fraction of sp³-hybridized carbons (Fsp3) is 0.188. The molecule has 0 fully saturated rings. The second-order valence-corrected chi connectivity index (χ2v) is 4.60. The van der Waals surface area contributed by atoms with E-state index in [0.29, 0.717) is 22.6 Å². The molecule has 0 aliphatic rings. The maximum Gasteiger partial charge on any atom is 0.143 e. The summed E-state index contributed by atoms with van der Waals surface area (Å²) in [4.78, 5) is 0. The third-order valence-electron chi connectivity index (χ3n) is 3.20. The molecule has 108 valence electrons. The Morgan fingerprint density at radius 3 is 2.43 bits per heavy atom. The van der Waals surface area contributed by atoms with Crippen LogP contribution in [0.1, 0.15) is 24.1 Å². The molecule has 2 aromatic carbocycles. The van der Waals surface area contributed by atoms with E-state index in [0.717, 1.165) is 0 Å². The smallest absolute Gasteiger partial charge is 0.143 e. The van der Waals surface area contributed by atoms with Gasteiger partial charge in [0, 0.05) is 6.07 Å². The molecule has 3 N–H and O–H groups in total. The highest BCUT2D eigenvalue weighted by molar-refractivity contribution is 5.61. The van der Waals surface area contributed by atoms with Gasteiger partial charge in [-0.25, -0.2) is 0 Å². The van der Waals surface area contributed by atoms with Crippen molar-refractivity contribution in [2.75, 3.05) is 12.4 Å². The molecule has 0 saturated heterocycles. The third-order valence-corrected chi connectivity index (χ3v) is 3.20. The summed E-state index contributed by atoms with van der Waals surface area (Å²) in [7, 11) is 1.52. The zero-order valence-corrected chi connectivity index (χ0v) is 11.8. The highest BCUT2D eigenvalue weighted by Gasteiger charge is 2.16. The van der Waals surface area contributed by atoms with E-state index in [2.05, 4.69) is 5.32 Å². The van der Waals surface area contributed by atoms with Gasteiger partial charge in [-0.1, -0.05) is 6.07 Å². The van der Waals surface area contributed by atoms with Crippen molar-refractivity contribution in [3.05, 3.63) is 47.5 Å². The minimum absolute atomic E-state index is 0.0163. The van der Waals surface area contributed by atoms with Crippen molar-refractivity contribution in [2.45, 2.75) is 13.0 Å². The van der Waals surface area contributed by atoms with Crippen LogP contribution in [-0.4, -0.2) is 17.3 Å². The average molecular weight is 284 g/mol. The molecule has 0 heterocycles. The molecule has 0 amide bonds. The zero-order valence-electron chi connectivity index (χ0n) is 11.8. The number of rotatable bonds is 4. The van der Waals surface area contributed by atoms with Crippen LogP contribution in [0, 0.1) is 11.3 Å². The molecular weight excluding hydrogens is 268 g/mol. The number of nitrogens with one attached hydrogen (secondary N) is 1. The summed E-state index contributed by atoms with van der Waals surface area (Å²) in [6.45, 7) is 1.81. The Labute approximate surface area is 123 Å². The van der Waals surface area contributed by atoms with Crippen LogP contribution in [0.25, 0.3) is 0 Å². The first kappa shape index (κ1) is 14.5. The van der Waals surface area contributed by atoms with Crippen molar-refractivity contribution in [3.63, 3.8) is 0 Å². The predicted molar refractivity (Wildman–Crippen MR) is 79.5 cm³/mol. The largest absolute Gasteiger partial charge is 0.507 e. The monoisotopic (exact) mass is 284 g/mol. The van der Waals surface area contributed by atoms with Gasteiger partial charge in [0.2, 0.25) is 0 Å². The lowest BCUT2D eigenvalue weighted by Crippen LogP contribution is -2.08. The molecule has 2 aromatic rings. The minimum atomic E-state index is -0.340. The Balaban J connectivity index is 2.32. The first-order valence-electron chi connectivity index (χ1n) is 6.42. The molecule has 5 heteroatoms. The quantitative estimate of drug-likeness (QED) is 0.803. The fourth-order valence-electron chi connectivity index (χ4n) is 2.17. The van der Waals surface area contributed by atoms with Gasteiger partial charge in [0.05, 0.1) is 36.0 Å². The Hall–Kier alpha value is -2.87. The van der Waals surface area contributed by atoms with Crippen LogP contribution in [0.15, 0.2) is 36.4 Å². The second-order valence-electron chi connectivity index (χ2n) is 4.60. The maximum absolute atomic E-state index is 9.87. The molecule has 0 aliphatic carbocycles. The van der Waals surface area contributed by atoms with Crippen LogP contribution in [0.5, 0.6) is 17.2 Å². The van der Waals surface area contributed by atoms with E-state index in [1.54, 1.807) is 24.3 Å². The van der Waals surface area contributed by atoms with Crippen molar-refractivity contribution in [2.24, 2.45) is 0 Å².